The summed E-state index contributed by atoms with van der Waals surface area (Å²) in [7, 11) is 0. The number of carbonyl (C=O) groups is 2. The van der Waals surface area contributed by atoms with Crippen LogP contribution in [0, 0.1) is 29.1 Å². The minimum absolute atomic E-state index is 0.114. The lowest BCUT2D eigenvalue weighted by Gasteiger charge is -2.43. The fourth-order valence-electron chi connectivity index (χ4n) is 6.13. The molecule has 6 nitrogen and oxygen atoms in total. The molecular formula is C31H58N2O4. The Kier molecular flexibility index (Phi) is 13.4. The van der Waals surface area contributed by atoms with Gasteiger partial charge in [0.25, 0.3) is 0 Å². The van der Waals surface area contributed by atoms with Crippen molar-refractivity contribution in [3.05, 3.63) is 0 Å². The van der Waals surface area contributed by atoms with Crippen LogP contribution in [0.2, 0.25) is 0 Å². The van der Waals surface area contributed by atoms with Crippen LogP contribution in [0.5, 0.6) is 0 Å². The molecule has 6 heteroatoms. The highest BCUT2D eigenvalue weighted by Crippen LogP contribution is 2.36. The van der Waals surface area contributed by atoms with Gasteiger partial charge in [0.05, 0.1) is 6.10 Å². The first-order valence-corrected chi connectivity index (χ1v) is 15.3. The third-order valence-corrected chi connectivity index (χ3v) is 8.65. The smallest absolute Gasteiger partial charge is 0.222 e. The second-order valence-electron chi connectivity index (χ2n) is 13.3. The van der Waals surface area contributed by atoms with E-state index in [-0.39, 0.29) is 23.7 Å². The summed E-state index contributed by atoms with van der Waals surface area (Å²) in [6.07, 6.45) is 9.03. The average molecular weight is 523 g/mol. The highest BCUT2D eigenvalue weighted by Gasteiger charge is 2.38. The first-order valence-electron chi connectivity index (χ1n) is 15.3. The van der Waals surface area contributed by atoms with E-state index in [0.29, 0.717) is 61.6 Å². The summed E-state index contributed by atoms with van der Waals surface area (Å²) in [6.45, 7) is 20.3. The number of likely N-dealkylation sites (tertiary alicyclic amines) is 1. The SMILES string of the molecule is CCC1O[C@@H](OCCCCC(=O)NCCCCCC(=O)N2C[C@H](C)C[C@H]2CC(C)(C)C)C(C)[C@@H](C)[C@H]1C. The summed E-state index contributed by atoms with van der Waals surface area (Å²) in [5.74, 6) is 2.56. The minimum Gasteiger partial charge on any atom is -0.356 e. The van der Waals surface area contributed by atoms with Gasteiger partial charge in [0, 0.05) is 44.5 Å². The van der Waals surface area contributed by atoms with Crippen molar-refractivity contribution in [2.24, 2.45) is 29.1 Å². The number of rotatable bonds is 14. The molecule has 0 saturated carbocycles. The zero-order chi connectivity index (χ0) is 27.6. The van der Waals surface area contributed by atoms with Crippen LogP contribution >= 0.6 is 0 Å². The number of hydrogen-bond acceptors (Lipinski definition) is 4. The maximum Gasteiger partial charge on any atom is 0.222 e. The molecule has 0 bridgehead atoms. The second-order valence-corrected chi connectivity index (χ2v) is 13.3. The molecule has 2 fully saturated rings. The van der Waals surface area contributed by atoms with Crippen LogP contribution in [0.25, 0.3) is 0 Å². The molecule has 2 amide bonds. The predicted octanol–water partition coefficient (Wildman–Crippen LogP) is 6.57. The van der Waals surface area contributed by atoms with Gasteiger partial charge in [-0.25, -0.2) is 0 Å². The highest BCUT2D eigenvalue weighted by atomic mass is 16.7. The van der Waals surface area contributed by atoms with Crippen molar-refractivity contribution in [2.45, 2.75) is 138 Å². The largest absolute Gasteiger partial charge is 0.356 e. The van der Waals surface area contributed by atoms with E-state index < -0.39 is 0 Å². The van der Waals surface area contributed by atoms with Crippen LogP contribution in [0.4, 0.5) is 0 Å². The molecule has 0 radical (unpaired) electrons. The number of hydrogen-bond donors (Lipinski definition) is 1. The topological polar surface area (TPSA) is 67.9 Å². The summed E-state index contributed by atoms with van der Waals surface area (Å²) >= 11 is 0. The van der Waals surface area contributed by atoms with Crippen LogP contribution in [-0.4, -0.2) is 54.8 Å². The molecule has 0 spiro atoms. The number of ether oxygens (including phenoxy) is 2. The Balaban J connectivity index is 1.51. The van der Waals surface area contributed by atoms with Crippen LogP contribution in [0.1, 0.15) is 120 Å². The van der Waals surface area contributed by atoms with Crippen molar-refractivity contribution in [1.82, 2.24) is 10.2 Å². The molecule has 0 aliphatic carbocycles. The molecule has 37 heavy (non-hydrogen) atoms. The molecule has 2 rings (SSSR count). The van der Waals surface area contributed by atoms with Gasteiger partial charge in [-0.15, -0.1) is 0 Å². The molecule has 2 unspecified atom stereocenters. The first kappa shape index (κ1) is 32.1. The summed E-state index contributed by atoms with van der Waals surface area (Å²) in [4.78, 5) is 27.1. The van der Waals surface area contributed by atoms with Crippen molar-refractivity contribution in [2.75, 3.05) is 19.7 Å². The maximum atomic E-state index is 12.8. The number of unbranched alkanes of at least 4 members (excludes halogenated alkanes) is 3. The Morgan fingerprint density at radius 1 is 0.946 bits per heavy atom. The van der Waals surface area contributed by atoms with E-state index in [9.17, 15) is 9.59 Å². The van der Waals surface area contributed by atoms with Gasteiger partial charge in [0.15, 0.2) is 6.29 Å². The molecule has 2 heterocycles. The first-order chi connectivity index (χ1) is 17.4. The van der Waals surface area contributed by atoms with Gasteiger partial charge >= 0.3 is 0 Å². The van der Waals surface area contributed by atoms with Crippen molar-refractivity contribution in [1.29, 1.82) is 0 Å². The Hall–Kier alpha value is -1.14. The van der Waals surface area contributed by atoms with Gasteiger partial charge in [0.1, 0.15) is 0 Å². The number of nitrogens with one attached hydrogen (secondary N) is 1. The molecule has 2 aliphatic heterocycles. The summed E-state index contributed by atoms with van der Waals surface area (Å²) in [6, 6.07) is 0.395. The van der Waals surface area contributed by atoms with Crippen molar-refractivity contribution >= 4 is 11.8 Å². The molecule has 7 atom stereocenters. The normalized spacial score (nSPS) is 30.5. The van der Waals surface area contributed by atoms with E-state index in [1.807, 2.05) is 0 Å². The Morgan fingerprint density at radius 2 is 1.65 bits per heavy atom. The summed E-state index contributed by atoms with van der Waals surface area (Å²) in [5.41, 5.74) is 0.247. The minimum atomic E-state index is -0.130. The van der Waals surface area contributed by atoms with Crippen molar-refractivity contribution in [3.8, 4) is 0 Å². The lowest BCUT2D eigenvalue weighted by molar-refractivity contribution is -0.248. The van der Waals surface area contributed by atoms with Crippen LogP contribution in [0.15, 0.2) is 0 Å². The standard InChI is InChI=1S/C31H58N2O4/c1-9-27-24(4)23(3)25(5)30(37-27)36-18-14-12-15-28(34)32-17-13-10-11-16-29(35)33-21-22(2)19-26(33)20-31(6,7)8/h22-27,30H,9-21H2,1-8H3,(H,32,34)/t22-,23+,24-,25?,26+,27?,30-/m1/s1. The Labute approximate surface area is 228 Å². The molecule has 1 N–H and O–H groups in total. The summed E-state index contributed by atoms with van der Waals surface area (Å²) in [5, 5.41) is 3.04. The molecule has 216 valence electrons. The van der Waals surface area contributed by atoms with Gasteiger partial charge < -0.3 is 19.7 Å². The Bertz CT molecular complexity index is 689. The average Bonchev–Trinajstić information content (AvgIpc) is 3.19. The van der Waals surface area contributed by atoms with Gasteiger partial charge in [-0.2, -0.15) is 0 Å². The quantitative estimate of drug-likeness (QED) is 0.262. The van der Waals surface area contributed by atoms with Crippen LogP contribution in [-0.2, 0) is 19.1 Å². The van der Waals surface area contributed by atoms with Crippen molar-refractivity contribution < 1.29 is 19.1 Å². The zero-order valence-corrected chi connectivity index (χ0v) is 25.3. The van der Waals surface area contributed by atoms with E-state index in [1.54, 1.807) is 0 Å². The zero-order valence-electron chi connectivity index (χ0n) is 25.3. The van der Waals surface area contributed by atoms with E-state index >= 15 is 0 Å². The van der Waals surface area contributed by atoms with E-state index in [4.69, 9.17) is 9.47 Å². The lowest BCUT2D eigenvalue weighted by atomic mass is 9.78. The molecular weight excluding hydrogens is 464 g/mol. The van der Waals surface area contributed by atoms with Gasteiger partial charge in [0.2, 0.25) is 11.8 Å². The number of nitrogens with zero attached hydrogens (tertiary/aromatic N) is 1. The molecule has 0 aromatic heterocycles. The number of carbonyl (C=O) groups excluding carboxylic acids is 2. The Morgan fingerprint density at radius 3 is 2.32 bits per heavy atom. The van der Waals surface area contributed by atoms with Gasteiger partial charge in [-0.1, -0.05) is 61.8 Å². The molecule has 0 aromatic carbocycles. The lowest BCUT2D eigenvalue weighted by Crippen LogP contribution is -2.45. The predicted molar refractivity (Wildman–Crippen MR) is 151 cm³/mol. The summed E-state index contributed by atoms with van der Waals surface area (Å²) < 4.78 is 12.3. The molecule has 0 aromatic rings. The number of amides is 2. The highest BCUT2D eigenvalue weighted by molar-refractivity contribution is 5.77. The fourth-order valence-corrected chi connectivity index (χ4v) is 6.13. The third-order valence-electron chi connectivity index (χ3n) is 8.65. The molecule has 2 aliphatic rings. The fraction of sp³-hybridized carbons (Fsp3) is 0.935. The third kappa shape index (κ3) is 10.9. The molecule has 2 saturated heterocycles. The van der Waals surface area contributed by atoms with Gasteiger partial charge in [-0.3, -0.25) is 9.59 Å². The van der Waals surface area contributed by atoms with E-state index in [0.717, 1.165) is 57.9 Å². The van der Waals surface area contributed by atoms with Gasteiger partial charge in [-0.05, 0) is 68.1 Å². The van der Waals surface area contributed by atoms with Crippen molar-refractivity contribution in [3.63, 3.8) is 0 Å². The monoisotopic (exact) mass is 522 g/mol. The second kappa shape index (κ2) is 15.5. The van der Waals surface area contributed by atoms with Crippen LogP contribution < -0.4 is 5.32 Å². The van der Waals surface area contributed by atoms with E-state index in [2.05, 4.69) is 65.6 Å². The maximum absolute atomic E-state index is 12.8. The van der Waals surface area contributed by atoms with Crippen LogP contribution in [0.3, 0.4) is 0 Å². The van der Waals surface area contributed by atoms with E-state index in [1.165, 1.54) is 0 Å².